The number of piperazine rings is 1. The van der Waals surface area contributed by atoms with Crippen LogP contribution in [0.15, 0.2) is 45.6 Å². The highest BCUT2D eigenvalue weighted by Crippen LogP contribution is 2.27. The second-order valence-electron chi connectivity index (χ2n) is 16.6. The summed E-state index contributed by atoms with van der Waals surface area (Å²) in [5.74, 6) is -0.905. The lowest BCUT2D eigenvalue weighted by molar-refractivity contribution is -0.144. The van der Waals surface area contributed by atoms with Crippen LogP contribution in [0.5, 0.6) is 0 Å². The van der Waals surface area contributed by atoms with Crippen molar-refractivity contribution in [2.45, 2.75) is 103 Å². The monoisotopic (exact) mass is 815 g/mol. The summed E-state index contributed by atoms with van der Waals surface area (Å²) in [7, 11) is 0. The van der Waals surface area contributed by atoms with Gasteiger partial charge in [0, 0.05) is 89.6 Å². The van der Waals surface area contributed by atoms with Gasteiger partial charge < -0.3 is 38.8 Å². The van der Waals surface area contributed by atoms with E-state index in [1.54, 1.807) is 11.0 Å². The third-order valence-corrected chi connectivity index (χ3v) is 12.6. The molecular weight excluding hydrogens is 755 g/mol. The molecule has 4 aliphatic rings. The predicted octanol–water partition coefficient (Wildman–Crippen LogP) is 5.15. The molecule has 0 radical (unpaired) electrons. The fourth-order valence-corrected chi connectivity index (χ4v) is 9.14. The molecule has 3 aromatic rings. The first kappa shape index (κ1) is 42.2. The van der Waals surface area contributed by atoms with Gasteiger partial charge in [0.15, 0.2) is 11.7 Å². The van der Waals surface area contributed by atoms with E-state index in [1.165, 1.54) is 6.42 Å². The summed E-state index contributed by atoms with van der Waals surface area (Å²) in [5.41, 5.74) is 4.46. The van der Waals surface area contributed by atoms with Gasteiger partial charge in [0.05, 0.1) is 18.5 Å². The number of anilines is 1. The zero-order valence-electron chi connectivity index (χ0n) is 34.8. The molecular formula is C44H61N7O8. The van der Waals surface area contributed by atoms with Gasteiger partial charge in [-0.1, -0.05) is 50.5 Å². The molecule has 0 saturated carbocycles. The van der Waals surface area contributed by atoms with Crippen molar-refractivity contribution in [3.63, 3.8) is 0 Å². The molecule has 4 aliphatic heterocycles. The second kappa shape index (κ2) is 19.9. The maximum atomic E-state index is 14.3. The third kappa shape index (κ3) is 10.8. The van der Waals surface area contributed by atoms with Crippen molar-refractivity contribution in [1.29, 1.82) is 0 Å². The average molecular weight is 816 g/mol. The number of aromatic nitrogens is 1. The zero-order valence-corrected chi connectivity index (χ0v) is 34.8. The minimum Gasteiger partial charge on any atom is -0.466 e. The molecule has 0 spiro atoms. The van der Waals surface area contributed by atoms with Crippen LogP contribution in [0.25, 0.3) is 11.1 Å². The van der Waals surface area contributed by atoms with Crippen LogP contribution in [-0.4, -0.2) is 144 Å². The first-order valence-electron chi connectivity index (χ1n) is 21.8. The zero-order chi connectivity index (χ0) is 41.3. The van der Waals surface area contributed by atoms with Gasteiger partial charge in [-0.25, -0.2) is 14.4 Å². The Kier molecular flexibility index (Phi) is 14.3. The highest BCUT2D eigenvalue weighted by molar-refractivity contribution is 5.91. The van der Waals surface area contributed by atoms with Crippen LogP contribution in [0, 0.1) is 6.92 Å². The molecule has 4 amide bonds. The Hall–Kier alpha value is -4.89. The fraction of sp³-hybridized carbons (Fsp3) is 0.614. The normalized spacial score (nSPS) is 19.3. The number of fused-ring (bicyclic) bond motifs is 2. The molecule has 15 heteroatoms. The number of carbonyl (C=O) groups excluding carboxylic acids is 4. The van der Waals surface area contributed by atoms with Crippen LogP contribution in [0.3, 0.4) is 0 Å². The number of piperidine rings is 2. The van der Waals surface area contributed by atoms with E-state index in [1.807, 2.05) is 47.1 Å². The number of carbonyl (C=O) groups is 4. The SMILES string of the molecule is CCCCCCOC(=O)CCN1CCN(C2CCN(C(=O)[C@@H](Cc3cc(C)c4[nH]c(=O)oc4c3)OC(=O)N3CCC(N4CCc5ccccc5NC4=O)CC3)CC2)CC1. The van der Waals surface area contributed by atoms with Gasteiger partial charge in [-0.3, -0.25) is 19.5 Å². The van der Waals surface area contributed by atoms with Crippen molar-refractivity contribution >= 4 is 40.8 Å². The van der Waals surface area contributed by atoms with Crippen molar-refractivity contribution < 1.29 is 33.1 Å². The average Bonchev–Trinajstić information content (AvgIpc) is 3.55. The predicted molar refractivity (Wildman–Crippen MR) is 223 cm³/mol. The Morgan fingerprint density at radius 1 is 0.864 bits per heavy atom. The molecule has 3 fully saturated rings. The van der Waals surface area contributed by atoms with Crippen molar-refractivity contribution in [3.8, 4) is 0 Å². The van der Waals surface area contributed by atoms with E-state index in [0.29, 0.717) is 82.3 Å². The van der Waals surface area contributed by atoms with E-state index in [4.69, 9.17) is 13.9 Å². The van der Waals surface area contributed by atoms with Crippen molar-refractivity contribution in [1.82, 2.24) is 29.5 Å². The number of likely N-dealkylation sites (tertiary alicyclic amines) is 2. The highest BCUT2D eigenvalue weighted by Gasteiger charge is 2.37. The Bertz CT molecular complexity index is 1970. The number of aryl methyl sites for hydroxylation is 1. The first-order chi connectivity index (χ1) is 28.6. The van der Waals surface area contributed by atoms with Crippen molar-refractivity contribution in [3.05, 3.63) is 63.6 Å². The molecule has 1 aromatic heterocycles. The summed E-state index contributed by atoms with van der Waals surface area (Å²) < 4.78 is 16.9. The van der Waals surface area contributed by atoms with E-state index in [9.17, 15) is 24.0 Å². The van der Waals surface area contributed by atoms with Crippen LogP contribution in [0.4, 0.5) is 15.3 Å². The number of nitrogens with one attached hydrogen (secondary N) is 2. The largest absolute Gasteiger partial charge is 0.466 e. The third-order valence-electron chi connectivity index (χ3n) is 12.6. The van der Waals surface area contributed by atoms with Crippen LogP contribution in [0.1, 0.15) is 81.4 Å². The highest BCUT2D eigenvalue weighted by atomic mass is 16.6. The quantitative estimate of drug-likeness (QED) is 0.165. The Morgan fingerprint density at radius 3 is 2.36 bits per heavy atom. The lowest BCUT2D eigenvalue weighted by Gasteiger charge is -2.43. The van der Waals surface area contributed by atoms with Crippen molar-refractivity contribution in [2.24, 2.45) is 0 Å². The number of hydrogen-bond donors (Lipinski definition) is 2. The molecule has 7 rings (SSSR count). The summed E-state index contributed by atoms with van der Waals surface area (Å²) >= 11 is 0. The molecule has 2 aromatic carbocycles. The number of para-hydroxylation sites is 1. The first-order valence-corrected chi connectivity index (χ1v) is 21.8. The number of esters is 1. The van der Waals surface area contributed by atoms with Crippen molar-refractivity contribution in [2.75, 3.05) is 77.4 Å². The van der Waals surface area contributed by atoms with E-state index < -0.39 is 18.0 Å². The lowest BCUT2D eigenvalue weighted by atomic mass is 9.99. The van der Waals surface area contributed by atoms with Gasteiger partial charge in [-0.15, -0.1) is 0 Å². The Balaban J connectivity index is 0.919. The van der Waals surface area contributed by atoms with Gasteiger partial charge in [-0.2, -0.15) is 0 Å². The van der Waals surface area contributed by atoms with Crippen LogP contribution in [0.2, 0.25) is 0 Å². The van der Waals surface area contributed by atoms with E-state index in [2.05, 4.69) is 27.0 Å². The Morgan fingerprint density at radius 2 is 1.59 bits per heavy atom. The topological polar surface area (TPSA) is 161 Å². The summed E-state index contributed by atoms with van der Waals surface area (Å²) in [5, 5.41) is 3.05. The molecule has 0 aliphatic carbocycles. The molecule has 1 atom stereocenters. The maximum absolute atomic E-state index is 14.3. The summed E-state index contributed by atoms with van der Waals surface area (Å²) in [4.78, 5) is 78.4. The van der Waals surface area contributed by atoms with E-state index in [0.717, 1.165) is 87.1 Å². The van der Waals surface area contributed by atoms with Crippen LogP contribution >= 0.6 is 0 Å². The molecule has 320 valence electrons. The molecule has 2 N–H and O–H groups in total. The number of amides is 4. The summed E-state index contributed by atoms with van der Waals surface area (Å²) in [6.45, 7) is 11.4. The number of benzene rings is 2. The Labute approximate surface area is 346 Å². The molecule has 0 bridgehead atoms. The summed E-state index contributed by atoms with van der Waals surface area (Å²) in [6.07, 6.45) is 6.89. The number of oxazole rings is 1. The number of H-pyrrole nitrogens is 1. The summed E-state index contributed by atoms with van der Waals surface area (Å²) in [6, 6.07) is 11.7. The van der Waals surface area contributed by atoms with Gasteiger partial charge >= 0.3 is 23.8 Å². The van der Waals surface area contributed by atoms with E-state index in [-0.39, 0.29) is 30.4 Å². The molecule has 15 nitrogen and oxygen atoms in total. The fourth-order valence-electron chi connectivity index (χ4n) is 9.14. The molecule has 59 heavy (non-hydrogen) atoms. The van der Waals surface area contributed by atoms with E-state index >= 15 is 0 Å². The number of ether oxygens (including phenoxy) is 2. The minimum absolute atomic E-state index is 0.0190. The number of rotatable bonds is 14. The van der Waals surface area contributed by atoms with Gasteiger partial charge in [0.25, 0.3) is 5.91 Å². The second-order valence-corrected chi connectivity index (χ2v) is 16.6. The standard InChI is InChI=1S/C44H61N7O8/c1-3-4-5-8-27-57-39(52)16-17-47-23-25-48(26-24-47)34-12-18-49(19-13-34)41(53)38(30-32-28-31(2)40-37(29-32)58-43(55)46-40)59-44(56)50-20-14-35(15-21-50)51-22-11-33-9-6-7-10-36(33)45-42(51)54/h6-7,9-10,28-29,34-35,38H,3-5,8,11-27,30H2,1-2H3,(H,45,54)(H,46,55)/t38-/m1/s1. The number of unbranched alkanes of at least 4 members (excludes halogenated alkanes) is 3. The van der Waals surface area contributed by atoms with Gasteiger partial charge in [0.1, 0.15) is 0 Å². The molecule has 0 unspecified atom stereocenters. The number of hydrogen-bond acceptors (Lipinski definition) is 10. The van der Waals surface area contributed by atoms with Gasteiger partial charge in [-0.05, 0) is 74.3 Å². The van der Waals surface area contributed by atoms with Gasteiger partial charge in [0.2, 0.25) is 0 Å². The lowest BCUT2D eigenvalue weighted by Crippen LogP contribution is -2.55. The molecule has 5 heterocycles. The number of nitrogens with zero attached hydrogens (tertiary/aromatic N) is 5. The molecule has 3 saturated heterocycles. The van der Waals surface area contributed by atoms with Crippen LogP contribution < -0.4 is 11.1 Å². The maximum Gasteiger partial charge on any atom is 0.417 e. The number of urea groups is 1. The smallest absolute Gasteiger partial charge is 0.417 e. The van der Waals surface area contributed by atoms with Crippen LogP contribution in [-0.2, 0) is 31.9 Å². The minimum atomic E-state index is -1.07. The number of aromatic amines is 1.